The van der Waals surface area contributed by atoms with Gasteiger partial charge in [0.2, 0.25) is 0 Å². The molecule has 1 fully saturated rings. The summed E-state index contributed by atoms with van der Waals surface area (Å²) in [5, 5.41) is 0. The molecule has 2 rings (SSSR count). The zero-order valence-corrected chi connectivity index (χ0v) is 12.6. The Balaban J connectivity index is 2.14. The minimum atomic E-state index is -3.23. The van der Waals surface area contributed by atoms with Crippen LogP contribution in [0.15, 0.2) is 29.2 Å². The molecule has 110 valence electrons. The lowest BCUT2D eigenvalue weighted by molar-refractivity contribution is 0.0664. The molecule has 0 aliphatic carbocycles. The third-order valence-corrected chi connectivity index (χ3v) is 4.92. The maximum absolute atomic E-state index is 12.3. The molecule has 1 amide bonds. The minimum Gasteiger partial charge on any atom is -0.338 e. The first-order valence-electron chi connectivity index (χ1n) is 6.64. The number of hydrogen-bond donors (Lipinski definition) is 1. The molecule has 1 aliphatic rings. The molecule has 1 aromatic rings. The third kappa shape index (κ3) is 3.19. The van der Waals surface area contributed by atoms with E-state index < -0.39 is 9.84 Å². The number of rotatable bonds is 2. The van der Waals surface area contributed by atoms with Crippen LogP contribution in [-0.4, -0.2) is 44.6 Å². The zero-order valence-electron chi connectivity index (χ0n) is 11.7. The third-order valence-electron chi connectivity index (χ3n) is 3.79. The predicted octanol–water partition coefficient (Wildman–Crippen LogP) is 0.899. The largest absolute Gasteiger partial charge is 0.338 e. The van der Waals surface area contributed by atoms with E-state index in [0.717, 1.165) is 12.7 Å². The Morgan fingerprint density at radius 3 is 2.40 bits per heavy atom. The van der Waals surface area contributed by atoms with Gasteiger partial charge in [0.15, 0.2) is 9.84 Å². The summed E-state index contributed by atoms with van der Waals surface area (Å²) in [6.07, 6.45) is 1.95. The molecule has 0 spiro atoms. The number of sulfone groups is 1. The fourth-order valence-corrected chi connectivity index (χ4v) is 3.01. The van der Waals surface area contributed by atoms with E-state index in [1.807, 2.05) is 6.92 Å². The van der Waals surface area contributed by atoms with E-state index in [1.54, 1.807) is 17.0 Å². The molecular formula is C14H20N2O3S. The molecule has 1 aliphatic heterocycles. The summed E-state index contributed by atoms with van der Waals surface area (Å²) in [7, 11) is -3.23. The van der Waals surface area contributed by atoms with Crippen molar-refractivity contribution in [2.75, 3.05) is 19.3 Å². The molecule has 6 heteroatoms. The topological polar surface area (TPSA) is 80.5 Å². The molecule has 0 saturated carbocycles. The van der Waals surface area contributed by atoms with Gasteiger partial charge in [-0.1, -0.05) is 6.92 Å². The number of nitrogens with zero attached hydrogens (tertiary/aromatic N) is 1. The van der Waals surface area contributed by atoms with Gasteiger partial charge in [-0.2, -0.15) is 0 Å². The average molecular weight is 296 g/mol. The van der Waals surface area contributed by atoms with Crippen LogP contribution in [0.3, 0.4) is 0 Å². The second-order valence-electron chi connectivity index (χ2n) is 5.48. The summed E-state index contributed by atoms with van der Waals surface area (Å²) >= 11 is 0. The molecule has 0 aromatic heterocycles. The maximum Gasteiger partial charge on any atom is 0.253 e. The first kappa shape index (κ1) is 15.0. The minimum absolute atomic E-state index is 0.0659. The van der Waals surface area contributed by atoms with E-state index >= 15 is 0 Å². The van der Waals surface area contributed by atoms with Crippen LogP contribution in [-0.2, 0) is 9.84 Å². The van der Waals surface area contributed by atoms with Crippen LogP contribution in [0.5, 0.6) is 0 Å². The van der Waals surface area contributed by atoms with Crippen molar-refractivity contribution in [3.05, 3.63) is 29.8 Å². The van der Waals surface area contributed by atoms with Gasteiger partial charge in [-0.3, -0.25) is 4.79 Å². The van der Waals surface area contributed by atoms with Crippen LogP contribution in [0.2, 0.25) is 0 Å². The molecule has 1 saturated heterocycles. The first-order valence-corrected chi connectivity index (χ1v) is 8.53. The average Bonchev–Trinajstić information content (AvgIpc) is 2.40. The Bertz CT molecular complexity index is 595. The van der Waals surface area contributed by atoms with Crippen molar-refractivity contribution >= 4 is 15.7 Å². The van der Waals surface area contributed by atoms with E-state index in [1.165, 1.54) is 12.1 Å². The summed E-state index contributed by atoms with van der Waals surface area (Å²) in [4.78, 5) is 14.4. The van der Waals surface area contributed by atoms with Crippen LogP contribution in [0.25, 0.3) is 0 Å². The molecule has 1 aromatic carbocycles. The van der Waals surface area contributed by atoms with Crippen molar-refractivity contribution in [2.24, 2.45) is 11.7 Å². The van der Waals surface area contributed by atoms with Crippen molar-refractivity contribution in [1.29, 1.82) is 0 Å². The second-order valence-corrected chi connectivity index (χ2v) is 7.49. The predicted molar refractivity (Wildman–Crippen MR) is 77.2 cm³/mol. The summed E-state index contributed by atoms with van der Waals surface area (Å²) in [6, 6.07) is 6.23. The second kappa shape index (κ2) is 5.54. The van der Waals surface area contributed by atoms with Crippen molar-refractivity contribution in [3.63, 3.8) is 0 Å². The van der Waals surface area contributed by atoms with Gasteiger partial charge < -0.3 is 10.6 Å². The normalized spacial score (nSPS) is 23.6. The summed E-state index contributed by atoms with van der Waals surface area (Å²) < 4.78 is 22.8. The van der Waals surface area contributed by atoms with Gasteiger partial charge in [-0.15, -0.1) is 0 Å². The molecule has 0 radical (unpaired) electrons. The molecule has 20 heavy (non-hydrogen) atoms. The Labute approximate surface area is 119 Å². The van der Waals surface area contributed by atoms with Crippen molar-refractivity contribution in [2.45, 2.75) is 24.3 Å². The van der Waals surface area contributed by atoms with Crippen LogP contribution in [0.1, 0.15) is 23.7 Å². The van der Waals surface area contributed by atoms with Crippen LogP contribution >= 0.6 is 0 Å². The standard InChI is InChI=1S/C14H20N2O3S/c1-10-9-16(8-7-13(10)15)14(17)11-3-5-12(6-4-11)20(2,18)19/h3-6,10,13H,7-9,15H2,1-2H3. The fourth-order valence-electron chi connectivity index (χ4n) is 2.38. The molecular weight excluding hydrogens is 276 g/mol. The highest BCUT2D eigenvalue weighted by atomic mass is 32.2. The molecule has 0 bridgehead atoms. The van der Waals surface area contributed by atoms with Gasteiger partial charge in [0, 0.05) is 31.0 Å². The lowest BCUT2D eigenvalue weighted by Crippen LogP contribution is -2.48. The number of piperidine rings is 1. The van der Waals surface area contributed by atoms with Gasteiger partial charge in [-0.05, 0) is 36.6 Å². The Morgan fingerprint density at radius 2 is 1.90 bits per heavy atom. The fraction of sp³-hybridized carbons (Fsp3) is 0.500. The van der Waals surface area contributed by atoms with Gasteiger partial charge in [0.1, 0.15) is 0 Å². The van der Waals surface area contributed by atoms with E-state index in [0.29, 0.717) is 18.7 Å². The Morgan fingerprint density at radius 1 is 1.30 bits per heavy atom. The Hall–Kier alpha value is -1.40. The molecule has 2 N–H and O–H groups in total. The summed E-state index contributed by atoms with van der Waals surface area (Å²) in [5.41, 5.74) is 6.46. The summed E-state index contributed by atoms with van der Waals surface area (Å²) in [6.45, 7) is 3.34. The van der Waals surface area contributed by atoms with Crippen molar-refractivity contribution in [1.82, 2.24) is 4.90 Å². The number of benzene rings is 1. The number of nitrogens with two attached hydrogens (primary N) is 1. The van der Waals surface area contributed by atoms with Crippen LogP contribution in [0.4, 0.5) is 0 Å². The quantitative estimate of drug-likeness (QED) is 0.879. The molecule has 2 unspecified atom stereocenters. The number of hydrogen-bond acceptors (Lipinski definition) is 4. The highest BCUT2D eigenvalue weighted by Gasteiger charge is 2.26. The zero-order chi connectivity index (χ0) is 14.9. The van der Waals surface area contributed by atoms with E-state index in [9.17, 15) is 13.2 Å². The maximum atomic E-state index is 12.3. The smallest absolute Gasteiger partial charge is 0.253 e. The van der Waals surface area contributed by atoms with Gasteiger partial charge in [0.25, 0.3) is 5.91 Å². The van der Waals surface area contributed by atoms with E-state index in [4.69, 9.17) is 5.73 Å². The number of carbonyl (C=O) groups excluding carboxylic acids is 1. The molecule has 1 heterocycles. The lowest BCUT2D eigenvalue weighted by atomic mass is 9.94. The monoisotopic (exact) mass is 296 g/mol. The van der Waals surface area contributed by atoms with Gasteiger partial charge in [0.05, 0.1) is 4.90 Å². The van der Waals surface area contributed by atoms with Crippen molar-refractivity contribution in [3.8, 4) is 0 Å². The highest BCUT2D eigenvalue weighted by Crippen LogP contribution is 2.18. The number of amides is 1. The highest BCUT2D eigenvalue weighted by molar-refractivity contribution is 7.90. The van der Waals surface area contributed by atoms with Crippen LogP contribution < -0.4 is 5.73 Å². The van der Waals surface area contributed by atoms with Gasteiger partial charge in [-0.25, -0.2) is 8.42 Å². The van der Waals surface area contributed by atoms with E-state index in [2.05, 4.69) is 0 Å². The van der Waals surface area contributed by atoms with Crippen LogP contribution in [0, 0.1) is 5.92 Å². The number of carbonyl (C=O) groups is 1. The van der Waals surface area contributed by atoms with E-state index in [-0.39, 0.29) is 22.8 Å². The van der Waals surface area contributed by atoms with Gasteiger partial charge >= 0.3 is 0 Å². The number of likely N-dealkylation sites (tertiary alicyclic amines) is 1. The molecule has 2 atom stereocenters. The molecule has 5 nitrogen and oxygen atoms in total. The van der Waals surface area contributed by atoms with Crippen molar-refractivity contribution < 1.29 is 13.2 Å². The first-order chi connectivity index (χ1) is 9.29. The summed E-state index contributed by atoms with van der Waals surface area (Å²) in [5.74, 6) is 0.215. The lowest BCUT2D eigenvalue weighted by Gasteiger charge is -2.35. The SMILES string of the molecule is CC1CN(C(=O)c2ccc(S(C)(=O)=O)cc2)CCC1N. The Kier molecular flexibility index (Phi) is 4.15.